The zero-order valence-electron chi connectivity index (χ0n) is 5.42. The van der Waals surface area contributed by atoms with E-state index in [1.165, 1.54) is 6.07 Å². The molecule has 0 saturated carbocycles. The Morgan fingerprint density at radius 3 is 2.80 bits per heavy atom. The van der Waals surface area contributed by atoms with Crippen LogP contribution in [0.1, 0.15) is 5.69 Å². The van der Waals surface area contributed by atoms with Crippen molar-refractivity contribution in [1.82, 2.24) is 4.98 Å². The molecule has 0 atom stereocenters. The zero-order valence-corrected chi connectivity index (χ0v) is 5.42. The highest BCUT2D eigenvalue weighted by atomic mass is 19.1. The summed E-state index contributed by atoms with van der Waals surface area (Å²) < 4.78 is 12.2. The Balaban J connectivity index is 2.69. The van der Waals surface area contributed by atoms with Gasteiger partial charge in [-0.1, -0.05) is 0 Å². The molecular formula is C7H8FNO. The Bertz CT molecular complexity index is 197. The van der Waals surface area contributed by atoms with E-state index in [9.17, 15) is 4.39 Å². The maximum atomic E-state index is 12.2. The van der Waals surface area contributed by atoms with Crippen LogP contribution >= 0.6 is 0 Å². The summed E-state index contributed by atoms with van der Waals surface area (Å²) in [5.41, 5.74) is 0.712. The second kappa shape index (κ2) is 3.27. The predicted molar refractivity (Wildman–Crippen MR) is 35.0 cm³/mol. The Morgan fingerprint density at radius 2 is 2.30 bits per heavy atom. The SMILES string of the molecule is OCCc1ccc(F)cn1. The largest absolute Gasteiger partial charge is 0.396 e. The first-order chi connectivity index (χ1) is 4.83. The van der Waals surface area contributed by atoms with Crippen molar-refractivity contribution < 1.29 is 9.50 Å². The van der Waals surface area contributed by atoms with Crippen LogP contribution in [-0.4, -0.2) is 16.7 Å². The van der Waals surface area contributed by atoms with Gasteiger partial charge in [0.1, 0.15) is 5.82 Å². The first-order valence-corrected chi connectivity index (χ1v) is 3.04. The van der Waals surface area contributed by atoms with E-state index in [1.54, 1.807) is 6.07 Å². The lowest BCUT2D eigenvalue weighted by Crippen LogP contribution is -1.93. The van der Waals surface area contributed by atoms with Crippen molar-refractivity contribution in [3.63, 3.8) is 0 Å². The molecule has 2 nitrogen and oxygen atoms in total. The molecule has 0 aliphatic rings. The summed E-state index contributed by atoms with van der Waals surface area (Å²) in [5, 5.41) is 8.46. The Morgan fingerprint density at radius 1 is 1.50 bits per heavy atom. The molecule has 1 aromatic heterocycles. The van der Waals surface area contributed by atoms with E-state index in [0.29, 0.717) is 12.1 Å². The summed E-state index contributed by atoms with van der Waals surface area (Å²) in [7, 11) is 0. The number of aliphatic hydroxyl groups excluding tert-OH is 1. The molecule has 10 heavy (non-hydrogen) atoms. The van der Waals surface area contributed by atoms with E-state index in [4.69, 9.17) is 5.11 Å². The van der Waals surface area contributed by atoms with Crippen LogP contribution in [-0.2, 0) is 6.42 Å². The number of nitrogens with zero attached hydrogens (tertiary/aromatic N) is 1. The minimum Gasteiger partial charge on any atom is -0.396 e. The van der Waals surface area contributed by atoms with E-state index in [2.05, 4.69) is 4.98 Å². The lowest BCUT2D eigenvalue weighted by Gasteiger charge is -1.94. The molecule has 0 aliphatic carbocycles. The van der Waals surface area contributed by atoms with Crippen molar-refractivity contribution >= 4 is 0 Å². The molecule has 0 bridgehead atoms. The van der Waals surface area contributed by atoms with Crippen LogP contribution in [0.3, 0.4) is 0 Å². The fourth-order valence-corrected chi connectivity index (χ4v) is 0.669. The average molecular weight is 141 g/mol. The van der Waals surface area contributed by atoms with Crippen LogP contribution in [0, 0.1) is 5.82 Å². The maximum absolute atomic E-state index is 12.2. The van der Waals surface area contributed by atoms with Crippen LogP contribution in [0.15, 0.2) is 18.3 Å². The normalized spacial score (nSPS) is 9.80. The van der Waals surface area contributed by atoms with Gasteiger partial charge >= 0.3 is 0 Å². The first kappa shape index (κ1) is 7.15. The molecule has 0 amide bonds. The quantitative estimate of drug-likeness (QED) is 0.659. The van der Waals surface area contributed by atoms with Crippen molar-refractivity contribution in [3.05, 3.63) is 29.8 Å². The molecular weight excluding hydrogens is 133 g/mol. The molecule has 0 fully saturated rings. The minimum absolute atomic E-state index is 0.0542. The van der Waals surface area contributed by atoms with Crippen LogP contribution in [0.5, 0.6) is 0 Å². The van der Waals surface area contributed by atoms with Gasteiger partial charge in [-0.3, -0.25) is 4.98 Å². The highest BCUT2D eigenvalue weighted by Gasteiger charge is 1.92. The highest BCUT2D eigenvalue weighted by Crippen LogP contribution is 1.97. The Hall–Kier alpha value is -0.960. The summed E-state index contributed by atoms with van der Waals surface area (Å²) in [5.74, 6) is -0.346. The molecule has 0 unspecified atom stereocenters. The van der Waals surface area contributed by atoms with Gasteiger partial charge in [0, 0.05) is 18.7 Å². The third-order valence-corrected chi connectivity index (χ3v) is 1.16. The van der Waals surface area contributed by atoms with E-state index in [0.717, 1.165) is 6.20 Å². The number of halogens is 1. The summed E-state index contributed by atoms with van der Waals surface area (Å²) >= 11 is 0. The van der Waals surface area contributed by atoms with Gasteiger partial charge in [0.25, 0.3) is 0 Å². The standard InChI is InChI=1S/C7H8FNO/c8-6-1-2-7(3-4-10)9-5-6/h1-2,5,10H,3-4H2. The van der Waals surface area contributed by atoms with Gasteiger partial charge in [-0.25, -0.2) is 4.39 Å². The van der Waals surface area contributed by atoms with E-state index in [-0.39, 0.29) is 12.4 Å². The van der Waals surface area contributed by atoms with Gasteiger partial charge in [0.05, 0.1) is 6.20 Å². The Labute approximate surface area is 58.3 Å². The van der Waals surface area contributed by atoms with Crippen LogP contribution in [0.25, 0.3) is 0 Å². The summed E-state index contributed by atoms with van der Waals surface area (Å²) in [6.45, 7) is 0.0542. The second-order valence-corrected chi connectivity index (χ2v) is 1.94. The number of hydrogen-bond donors (Lipinski definition) is 1. The summed E-state index contributed by atoms with van der Waals surface area (Å²) in [6.07, 6.45) is 1.63. The second-order valence-electron chi connectivity index (χ2n) is 1.94. The fourth-order valence-electron chi connectivity index (χ4n) is 0.669. The number of pyridine rings is 1. The summed E-state index contributed by atoms with van der Waals surface area (Å²) in [6, 6.07) is 2.89. The maximum Gasteiger partial charge on any atom is 0.141 e. The average Bonchev–Trinajstić information content (AvgIpc) is 1.95. The molecule has 0 aliphatic heterocycles. The van der Waals surface area contributed by atoms with Gasteiger partial charge in [-0.2, -0.15) is 0 Å². The number of aromatic nitrogens is 1. The third kappa shape index (κ3) is 1.77. The van der Waals surface area contributed by atoms with E-state index in [1.807, 2.05) is 0 Å². The molecule has 1 rings (SSSR count). The van der Waals surface area contributed by atoms with Gasteiger partial charge in [0.2, 0.25) is 0 Å². The first-order valence-electron chi connectivity index (χ1n) is 3.04. The van der Waals surface area contributed by atoms with Gasteiger partial charge in [0.15, 0.2) is 0 Å². The lowest BCUT2D eigenvalue weighted by molar-refractivity contribution is 0.298. The van der Waals surface area contributed by atoms with Crippen molar-refractivity contribution in [2.24, 2.45) is 0 Å². The Kier molecular flexibility index (Phi) is 2.34. The molecule has 0 saturated heterocycles. The molecule has 0 spiro atoms. The van der Waals surface area contributed by atoms with Crippen LogP contribution < -0.4 is 0 Å². The van der Waals surface area contributed by atoms with Crippen molar-refractivity contribution in [1.29, 1.82) is 0 Å². The molecule has 1 N–H and O–H groups in total. The molecule has 3 heteroatoms. The molecule has 0 radical (unpaired) electrons. The van der Waals surface area contributed by atoms with Crippen LogP contribution in [0.4, 0.5) is 4.39 Å². The number of hydrogen-bond acceptors (Lipinski definition) is 2. The summed E-state index contributed by atoms with van der Waals surface area (Å²) in [4.78, 5) is 3.73. The molecule has 0 aromatic carbocycles. The van der Waals surface area contributed by atoms with Gasteiger partial charge in [-0.15, -0.1) is 0 Å². The monoisotopic (exact) mass is 141 g/mol. The van der Waals surface area contributed by atoms with E-state index < -0.39 is 0 Å². The number of rotatable bonds is 2. The third-order valence-electron chi connectivity index (χ3n) is 1.16. The number of aliphatic hydroxyl groups is 1. The van der Waals surface area contributed by atoms with Crippen molar-refractivity contribution in [2.45, 2.75) is 6.42 Å². The molecule has 54 valence electrons. The predicted octanol–water partition coefficient (Wildman–Crippen LogP) is 0.756. The molecule has 1 aromatic rings. The topological polar surface area (TPSA) is 33.1 Å². The van der Waals surface area contributed by atoms with Gasteiger partial charge in [-0.05, 0) is 12.1 Å². The van der Waals surface area contributed by atoms with E-state index >= 15 is 0 Å². The lowest BCUT2D eigenvalue weighted by atomic mass is 10.3. The smallest absolute Gasteiger partial charge is 0.141 e. The molecule has 1 heterocycles. The minimum atomic E-state index is -0.346. The zero-order chi connectivity index (χ0) is 7.40. The van der Waals surface area contributed by atoms with Crippen molar-refractivity contribution in [3.8, 4) is 0 Å². The van der Waals surface area contributed by atoms with Crippen LogP contribution in [0.2, 0.25) is 0 Å². The fraction of sp³-hybridized carbons (Fsp3) is 0.286. The van der Waals surface area contributed by atoms with Crippen molar-refractivity contribution in [2.75, 3.05) is 6.61 Å². The van der Waals surface area contributed by atoms with Gasteiger partial charge < -0.3 is 5.11 Å². The highest BCUT2D eigenvalue weighted by molar-refractivity contribution is 5.04.